The van der Waals surface area contributed by atoms with Crippen molar-refractivity contribution in [1.29, 1.82) is 0 Å². The second kappa shape index (κ2) is 4.88. The van der Waals surface area contributed by atoms with Crippen LogP contribution in [0.2, 0.25) is 0 Å². The van der Waals surface area contributed by atoms with Crippen molar-refractivity contribution in [3.05, 3.63) is 12.2 Å². The first-order chi connectivity index (χ1) is 7.02. The van der Waals surface area contributed by atoms with Crippen molar-refractivity contribution in [2.75, 3.05) is 7.05 Å². The normalized spacial score (nSPS) is 14.7. The summed E-state index contributed by atoms with van der Waals surface area (Å²) in [6.07, 6.45) is 1.42. The van der Waals surface area contributed by atoms with Crippen LogP contribution >= 0.6 is 0 Å². The summed E-state index contributed by atoms with van der Waals surface area (Å²) < 4.78 is 0. The highest BCUT2D eigenvalue weighted by molar-refractivity contribution is 5.78. The Kier molecular flexibility index (Phi) is 3.79. The average molecular weight is 211 g/mol. The van der Waals surface area contributed by atoms with E-state index in [1.54, 1.807) is 11.9 Å². The molecule has 0 aromatic carbocycles. The molecule has 84 valence electrons. The Morgan fingerprint density at radius 1 is 1.67 bits per heavy atom. The highest BCUT2D eigenvalue weighted by Crippen LogP contribution is 2.06. The van der Waals surface area contributed by atoms with Crippen LogP contribution < -0.4 is 5.73 Å². The first-order valence-electron chi connectivity index (χ1n) is 4.87. The van der Waals surface area contributed by atoms with Gasteiger partial charge in [-0.3, -0.25) is 9.89 Å². The first-order valence-corrected chi connectivity index (χ1v) is 4.87. The van der Waals surface area contributed by atoms with Gasteiger partial charge in [0.2, 0.25) is 5.91 Å². The molecule has 1 aromatic heterocycles. The minimum atomic E-state index is -0.182. The van der Waals surface area contributed by atoms with Gasteiger partial charge in [0.05, 0.1) is 12.5 Å². The third kappa shape index (κ3) is 3.02. The van der Waals surface area contributed by atoms with Crippen LogP contribution in [0.4, 0.5) is 0 Å². The van der Waals surface area contributed by atoms with Crippen molar-refractivity contribution < 1.29 is 4.79 Å². The van der Waals surface area contributed by atoms with E-state index in [2.05, 4.69) is 15.2 Å². The standard InChI is InChI=1S/C9H17N5O/c1-6(7(2)10)9(15)14(3)4-8-11-5-12-13-8/h5-7H,4,10H2,1-3H3,(H,11,12,13). The molecule has 0 radical (unpaired) electrons. The summed E-state index contributed by atoms with van der Waals surface area (Å²) in [7, 11) is 1.73. The molecule has 0 saturated heterocycles. The van der Waals surface area contributed by atoms with Gasteiger partial charge in [0.1, 0.15) is 12.2 Å². The van der Waals surface area contributed by atoms with Gasteiger partial charge < -0.3 is 10.6 Å². The fourth-order valence-electron chi connectivity index (χ4n) is 1.18. The zero-order chi connectivity index (χ0) is 11.4. The van der Waals surface area contributed by atoms with Crippen LogP contribution in [0.15, 0.2) is 6.33 Å². The number of nitrogens with two attached hydrogens (primary N) is 1. The number of aromatic amines is 1. The van der Waals surface area contributed by atoms with Crippen molar-refractivity contribution in [2.24, 2.45) is 11.7 Å². The van der Waals surface area contributed by atoms with Gasteiger partial charge in [0.15, 0.2) is 0 Å². The predicted octanol–water partition coefficient (Wildman–Crippen LogP) is -0.254. The summed E-state index contributed by atoms with van der Waals surface area (Å²) in [5.41, 5.74) is 5.66. The lowest BCUT2D eigenvalue weighted by Gasteiger charge is -2.22. The van der Waals surface area contributed by atoms with E-state index in [9.17, 15) is 4.79 Å². The molecule has 0 aliphatic carbocycles. The number of carbonyl (C=O) groups excluding carboxylic acids is 1. The van der Waals surface area contributed by atoms with Crippen molar-refractivity contribution in [3.8, 4) is 0 Å². The fraction of sp³-hybridized carbons (Fsp3) is 0.667. The Morgan fingerprint density at radius 2 is 2.33 bits per heavy atom. The van der Waals surface area contributed by atoms with Crippen molar-refractivity contribution in [1.82, 2.24) is 20.1 Å². The number of rotatable bonds is 4. The number of amides is 1. The molecule has 3 N–H and O–H groups in total. The molecule has 0 fully saturated rings. The molecule has 0 saturated carbocycles. The molecule has 6 heteroatoms. The second-order valence-corrected chi connectivity index (χ2v) is 3.77. The van der Waals surface area contributed by atoms with E-state index in [0.717, 1.165) is 0 Å². The predicted molar refractivity (Wildman–Crippen MR) is 55.7 cm³/mol. The van der Waals surface area contributed by atoms with Crippen molar-refractivity contribution in [3.63, 3.8) is 0 Å². The SMILES string of the molecule is CC(N)C(C)C(=O)N(C)Cc1ncn[nH]1. The number of nitrogens with zero attached hydrogens (tertiary/aromatic N) is 3. The molecule has 1 rings (SSSR count). The van der Waals surface area contributed by atoms with Gasteiger partial charge in [0, 0.05) is 13.1 Å². The van der Waals surface area contributed by atoms with E-state index in [1.165, 1.54) is 6.33 Å². The zero-order valence-corrected chi connectivity index (χ0v) is 9.27. The molecule has 1 aromatic rings. The molecule has 0 aliphatic rings. The highest BCUT2D eigenvalue weighted by Gasteiger charge is 2.21. The number of nitrogens with one attached hydrogen (secondary N) is 1. The lowest BCUT2D eigenvalue weighted by Crippen LogP contribution is -2.39. The van der Waals surface area contributed by atoms with E-state index in [-0.39, 0.29) is 17.9 Å². The molecular formula is C9H17N5O. The van der Waals surface area contributed by atoms with Gasteiger partial charge in [0.25, 0.3) is 0 Å². The van der Waals surface area contributed by atoms with E-state index in [4.69, 9.17) is 5.73 Å². The van der Waals surface area contributed by atoms with Gasteiger partial charge in [-0.25, -0.2) is 4.98 Å². The minimum absolute atomic E-state index is 0.0152. The maximum Gasteiger partial charge on any atom is 0.227 e. The van der Waals surface area contributed by atoms with E-state index in [0.29, 0.717) is 12.4 Å². The molecule has 2 unspecified atom stereocenters. The Balaban J connectivity index is 2.54. The summed E-state index contributed by atoms with van der Waals surface area (Å²) >= 11 is 0. The number of carbonyl (C=O) groups is 1. The van der Waals surface area contributed by atoms with Crippen LogP contribution in [0.1, 0.15) is 19.7 Å². The van der Waals surface area contributed by atoms with E-state index in [1.807, 2.05) is 13.8 Å². The van der Waals surface area contributed by atoms with E-state index < -0.39 is 0 Å². The monoisotopic (exact) mass is 211 g/mol. The van der Waals surface area contributed by atoms with Gasteiger partial charge in [-0.1, -0.05) is 6.92 Å². The van der Waals surface area contributed by atoms with Crippen molar-refractivity contribution in [2.45, 2.75) is 26.4 Å². The molecule has 2 atom stereocenters. The third-order valence-corrected chi connectivity index (χ3v) is 2.41. The zero-order valence-electron chi connectivity index (χ0n) is 9.27. The third-order valence-electron chi connectivity index (χ3n) is 2.41. The van der Waals surface area contributed by atoms with Gasteiger partial charge in [-0.15, -0.1) is 0 Å². The summed E-state index contributed by atoms with van der Waals surface area (Å²) in [5.74, 6) is 0.502. The Morgan fingerprint density at radius 3 is 2.80 bits per heavy atom. The maximum absolute atomic E-state index is 11.8. The smallest absolute Gasteiger partial charge is 0.227 e. The second-order valence-electron chi connectivity index (χ2n) is 3.77. The van der Waals surface area contributed by atoms with Crippen LogP contribution in [0, 0.1) is 5.92 Å². The number of H-pyrrole nitrogens is 1. The topological polar surface area (TPSA) is 87.9 Å². The number of aromatic nitrogens is 3. The molecule has 0 aliphatic heterocycles. The lowest BCUT2D eigenvalue weighted by atomic mass is 10.0. The molecule has 0 spiro atoms. The van der Waals surface area contributed by atoms with Crippen LogP contribution in [0.25, 0.3) is 0 Å². The molecule has 1 amide bonds. The Labute approximate surface area is 88.9 Å². The largest absolute Gasteiger partial charge is 0.338 e. The van der Waals surface area contributed by atoms with Crippen LogP contribution in [-0.4, -0.2) is 39.1 Å². The lowest BCUT2D eigenvalue weighted by molar-refractivity contribution is -0.134. The number of hydrogen-bond acceptors (Lipinski definition) is 4. The first kappa shape index (κ1) is 11.6. The average Bonchev–Trinajstić information content (AvgIpc) is 2.67. The van der Waals surface area contributed by atoms with Crippen LogP contribution in [0.3, 0.4) is 0 Å². The Hall–Kier alpha value is -1.43. The summed E-state index contributed by atoms with van der Waals surface area (Å²) in [4.78, 5) is 17.3. The summed E-state index contributed by atoms with van der Waals surface area (Å²) in [5, 5.41) is 6.42. The Bertz CT molecular complexity index is 308. The number of hydrogen-bond donors (Lipinski definition) is 2. The highest BCUT2D eigenvalue weighted by atomic mass is 16.2. The fourth-order valence-corrected chi connectivity index (χ4v) is 1.18. The van der Waals surface area contributed by atoms with Gasteiger partial charge in [-0.2, -0.15) is 5.10 Å². The van der Waals surface area contributed by atoms with Crippen molar-refractivity contribution >= 4 is 5.91 Å². The van der Waals surface area contributed by atoms with Gasteiger partial charge in [-0.05, 0) is 6.92 Å². The molecular weight excluding hydrogens is 194 g/mol. The molecule has 6 nitrogen and oxygen atoms in total. The maximum atomic E-state index is 11.8. The van der Waals surface area contributed by atoms with Crippen LogP contribution in [-0.2, 0) is 11.3 Å². The quantitative estimate of drug-likeness (QED) is 0.718. The summed E-state index contributed by atoms with van der Waals surface area (Å²) in [6, 6.07) is -0.144. The summed E-state index contributed by atoms with van der Waals surface area (Å²) in [6.45, 7) is 4.07. The van der Waals surface area contributed by atoms with E-state index >= 15 is 0 Å². The molecule has 15 heavy (non-hydrogen) atoms. The molecule has 0 bridgehead atoms. The molecule has 1 heterocycles. The van der Waals surface area contributed by atoms with Gasteiger partial charge >= 0.3 is 0 Å². The minimum Gasteiger partial charge on any atom is -0.338 e. The van der Waals surface area contributed by atoms with Crippen LogP contribution in [0.5, 0.6) is 0 Å².